The highest BCUT2D eigenvalue weighted by Gasteiger charge is 2.17. The SMILES string of the molecule is COc1ccccc1C(=O)Oc1ccc(C2CCCCC2)cc1. The third-order valence-corrected chi connectivity index (χ3v) is 4.49. The molecule has 0 bridgehead atoms. The van der Waals surface area contributed by atoms with E-state index in [1.54, 1.807) is 25.3 Å². The molecule has 1 fully saturated rings. The van der Waals surface area contributed by atoms with Gasteiger partial charge in [0.15, 0.2) is 0 Å². The largest absolute Gasteiger partial charge is 0.496 e. The molecule has 0 radical (unpaired) electrons. The summed E-state index contributed by atoms with van der Waals surface area (Å²) in [4.78, 5) is 12.3. The second-order valence-corrected chi connectivity index (χ2v) is 5.99. The van der Waals surface area contributed by atoms with E-state index in [2.05, 4.69) is 12.1 Å². The molecule has 3 rings (SSSR count). The Labute approximate surface area is 137 Å². The van der Waals surface area contributed by atoms with Crippen molar-refractivity contribution in [3.8, 4) is 11.5 Å². The van der Waals surface area contributed by atoms with Crippen LogP contribution in [0.4, 0.5) is 0 Å². The molecule has 0 aromatic heterocycles. The molecule has 2 aromatic carbocycles. The molecular weight excluding hydrogens is 288 g/mol. The van der Waals surface area contributed by atoms with Gasteiger partial charge in [-0.2, -0.15) is 0 Å². The Morgan fingerprint density at radius 3 is 2.35 bits per heavy atom. The van der Waals surface area contributed by atoms with Crippen molar-refractivity contribution in [1.82, 2.24) is 0 Å². The normalized spacial score (nSPS) is 15.2. The number of carbonyl (C=O) groups excluding carboxylic acids is 1. The second kappa shape index (κ2) is 7.32. The number of hydrogen-bond acceptors (Lipinski definition) is 3. The Morgan fingerprint density at radius 2 is 1.65 bits per heavy atom. The molecule has 1 aliphatic carbocycles. The minimum absolute atomic E-state index is 0.395. The summed E-state index contributed by atoms with van der Waals surface area (Å²) < 4.78 is 10.7. The Balaban J connectivity index is 1.69. The molecule has 120 valence electrons. The lowest BCUT2D eigenvalue weighted by molar-refractivity contribution is 0.0731. The minimum atomic E-state index is -0.395. The molecule has 1 aliphatic rings. The van der Waals surface area contributed by atoms with E-state index in [1.165, 1.54) is 37.7 Å². The summed E-state index contributed by atoms with van der Waals surface area (Å²) in [6, 6.07) is 15.0. The van der Waals surface area contributed by atoms with E-state index >= 15 is 0 Å². The number of methoxy groups -OCH3 is 1. The maximum atomic E-state index is 12.3. The van der Waals surface area contributed by atoms with Crippen LogP contribution in [0.15, 0.2) is 48.5 Å². The van der Waals surface area contributed by atoms with Gasteiger partial charge in [-0.15, -0.1) is 0 Å². The first-order chi connectivity index (χ1) is 11.3. The van der Waals surface area contributed by atoms with Crippen molar-refractivity contribution >= 4 is 5.97 Å². The molecule has 0 atom stereocenters. The van der Waals surface area contributed by atoms with Gasteiger partial charge < -0.3 is 9.47 Å². The summed E-state index contributed by atoms with van der Waals surface area (Å²) in [6.07, 6.45) is 6.51. The lowest BCUT2D eigenvalue weighted by Crippen LogP contribution is -2.10. The van der Waals surface area contributed by atoms with E-state index in [1.807, 2.05) is 18.2 Å². The Hall–Kier alpha value is -2.29. The summed E-state index contributed by atoms with van der Waals surface area (Å²) in [6.45, 7) is 0. The molecule has 2 aromatic rings. The van der Waals surface area contributed by atoms with E-state index < -0.39 is 5.97 Å². The molecule has 1 saturated carbocycles. The molecule has 0 heterocycles. The molecule has 23 heavy (non-hydrogen) atoms. The van der Waals surface area contributed by atoms with Crippen LogP contribution in [-0.4, -0.2) is 13.1 Å². The lowest BCUT2D eigenvalue weighted by atomic mass is 9.84. The van der Waals surface area contributed by atoms with Gasteiger partial charge in [-0.25, -0.2) is 4.79 Å². The first-order valence-electron chi connectivity index (χ1n) is 8.23. The van der Waals surface area contributed by atoms with Crippen LogP contribution >= 0.6 is 0 Å². The minimum Gasteiger partial charge on any atom is -0.496 e. The summed E-state index contributed by atoms with van der Waals surface area (Å²) in [7, 11) is 1.55. The fourth-order valence-corrected chi connectivity index (χ4v) is 3.22. The van der Waals surface area contributed by atoms with E-state index in [4.69, 9.17) is 9.47 Å². The predicted molar refractivity (Wildman–Crippen MR) is 90.2 cm³/mol. The molecule has 0 N–H and O–H groups in total. The van der Waals surface area contributed by atoms with Gasteiger partial charge in [0.2, 0.25) is 0 Å². The van der Waals surface area contributed by atoms with Crippen molar-refractivity contribution in [2.45, 2.75) is 38.0 Å². The number of para-hydroxylation sites is 1. The maximum absolute atomic E-state index is 12.3. The number of ether oxygens (including phenoxy) is 2. The van der Waals surface area contributed by atoms with Crippen LogP contribution in [-0.2, 0) is 0 Å². The van der Waals surface area contributed by atoms with Crippen LogP contribution in [0.5, 0.6) is 11.5 Å². The molecule has 0 amide bonds. The zero-order valence-corrected chi connectivity index (χ0v) is 13.5. The van der Waals surface area contributed by atoms with Crippen LogP contribution in [0.2, 0.25) is 0 Å². The van der Waals surface area contributed by atoms with Gasteiger partial charge in [-0.3, -0.25) is 0 Å². The third kappa shape index (κ3) is 3.73. The summed E-state index contributed by atoms with van der Waals surface area (Å²) >= 11 is 0. The molecule has 3 heteroatoms. The van der Waals surface area contributed by atoms with Crippen molar-refractivity contribution in [3.05, 3.63) is 59.7 Å². The van der Waals surface area contributed by atoms with Crippen molar-refractivity contribution in [3.63, 3.8) is 0 Å². The molecule has 0 saturated heterocycles. The summed E-state index contributed by atoms with van der Waals surface area (Å²) in [5.41, 5.74) is 1.79. The lowest BCUT2D eigenvalue weighted by Gasteiger charge is -2.22. The average Bonchev–Trinajstić information content (AvgIpc) is 2.63. The van der Waals surface area contributed by atoms with Crippen molar-refractivity contribution < 1.29 is 14.3 Å². The third-order valence-electron chi connectivity index (χ3n) is 4.49. The topological polar surface area (TPSA) is 35.5 Å². The summed E-state index contributed by atoms with van der Waals surface area (Å²) in [5.74, 6) is 1.35. The molecule has 0 unspecified atom stereocenters. The van der Waals surface area contributed by atoms with Gasteiger partial charge in [0.1, 0.15) is 17.1 Å². The number of carbonyl (C=O) groups is 1. The fourth-order valence-electron chi connectivity index (χ4n) is 3.22. The van der Waals surface area contributed by atoms with E-state index in [-0.39, 0.29) is 0 Å². The number of benzene rings is 2. The van der Waals surface area contributed by atoms with E-state index in [0.29, 0.717) is 23.0 Å². The highest BCUT2D eigenvalue weighted by molar-refractivity contribution is 5.93. The van der Waals surface area contributed by atoms with E-state index in [9.17, 15) is 4.79 Å². The highest BCUT2D eigenvalue weighted by atomic mass is 16.5. The van der Waals surface area contributed by atoms with Gasteiger partial charge in [-0.1, -0.05) is 43.5 Å². The molecule has 0 spiro atoms. The van der Waals surface area contributed by atoms with Gasteiger partial charge in [0.05, 0.1) is 7.11 Å². The number of rotatable bonds is 4. The monoisotopic (exact) mass is 310 g/mol. The maximum Gasteiger partial charge on any atom is 0.347 e. The van der Waals surface area contributed by atoms with Gasteiger partial charge >= 0.3 is 5.97 Å². The second-order valence-electron chi connectivity index (χ2n) is 5.99. The van der Waals surface area contributed by atoms with Crippen LogP contribution in [0.25, 0.3) is 0 Å². The summed E-state index contributed by atoms with van der Waals surface area (Å²) in [5, 5.41) is 0. The quantitative estimate of drug-likeness (QED) is 0.591. The van der Waals surface area contributed by atoms with Gasteiger partial charge in [-0.05, 0) is 48.6 Å². The fraction of sp³-hybridized carbons (Fsp3) is 0.350. The van der Waals surface area contributed by atoms with Crippen LogP contribution in [0.1, 0.15) is 53.9 Å². The van der Waals surface area contributed by atoms with Crippen molar-refractivity contribution in [1.29, 1.82) is 0 Å². The average molecular weight is 310 g/mol. The highest BCUT2D eigenvalue weighted by Crippen LogP contribution is 2.33. The smallest absolute Gasteiger partial charge is 0.347 e. The standard InChI is InChI=1S/C20H22O3/c1-22-19-10-6-5-9-18(19)20(21)23-17-13-11-16(12-14-17)15-7-3-2-4-8-15/h5-6,9-15H,2-4,7-8H2,1H3. The van der Waals surface area contributed by atoms with Crippen LogP contribution < -0.4 is 9.47 Å². The number of hydrogen-bond donors (Lipinski definition) is 0. The van der Waals surface area contributed by atoms with Crippen LogP contribution in [0.3, 0.4) is 0 Å². The Kier molecular flexibility index (Phi) is 4.96. The molecule has 3 nitrogen and oxygen atoms in total. The van der Waals surface area contributed by atoms with Gasteiger partial charge in [0.25, 0.3) is 0 Å². The molecular formula is C20H22O3. The van der Waals surface area contributed by atoms with E-state index in [0.717, 1.165) is 0 Å². The van der Waals surface area contributed by atoms with Crippen molar-refractivity contribution in [2.24, 2.45) is 0 Å². The molecule has 0 aliphatic heterocycles. The van der Waals surface area contributed by atoms with Gasteiger partial charge in [0, 0.05) is 0 Å². The Bertz CT molecular complexity index is 655. The first kappa shape index (κ1) is 15.6. The number of esters is 1. The zero-order valence-electron chi connectivity index (χ0n) is 13.5. The Morgan fingerprint density at radius 1 is 0.957 bits per heavy atom. The van der Waals surface area contributed by atoms with Crippen molar-refractivity contribution in [2.75, 3.05) is 7.11 Å². The first-order valence-corrected chi connectivity index (χ1v) is 8.23. The van der Waals surface area contributed by atoms with Crippen LogP contribution in [0, 0.1) is 0 Å². The zero-order chi connectivity index (χ0) is 16.1. The predicted octanol–water partition coefficient (Wildman–Crippen LogP) is 4.96.